The average Bonchev–Trinajstić information content (AvgIpc) is 2.59. The van der Waals surface area contributed by atoms with E-state index in [-0.39, 0.29) is 18.6 Å². The van der Waals surface area contributed by atoms with E-state index in [1.54, 1.807) is 0 Å². The summed E-state index contributed by atoms with van der Waals surface area (Å²) in [5, 5.41) is 18.1. The average molecular weight is 156 g/mol. The second-order valence-corrected chi connectivity index (χ2v) is 3.39. The molecule has 0 aliphatic heterocycles. The van der Waals surface area contributed by atoms with Crippen LogP contribution in [-0.4, -0.2) is 23.4 Å². The zero-order valence-corrected chi connectivity index (χ0v) is 7.12. The smallest absolute Gasteiger partial charge is 0.0518 e. The van der Waals surface area contributed by atoms with Gasteiger partial charge in [-0.3, -0.25) is 0 Å². The van der Waals surface area contributed by atoms with E-state index in [0.717, 1.165) is 0 Å². The lowest BCUT2D eigenvalue weighted by Crippen LogP contribution is -2.15. The molecule has 64 valence electrons. The highest BCUT2D eigenvalue weighted by molar-refractivity contribution is 5.16. The number of aliphatic hydroxyl groups excluding tert-OH is 2. The summed E-state index contributed by atoms with van der Waals surface area (Å²) in [6.07, 6.45) is 4.05. The zero-order valence-electron chi connectivity index (χ0n) is 7.12. The maximum absolute atomic E-state index is 9.03. The summed E-state index contributed by atoms with van der Waals surface area (Å²) in [6, 6.07) is 0. The highest BCUT2D eigenvalue weighted by atomic mass is 16.3. The van der Waals surface area contributed by atoms with Crippen molar-refractivity contribution >= 4 is 0 Å². The fraction of sp³-hybridized carbons (Fsp3) is 0.778. The topological polar surface area (TPSA) is 40.5 Å². The van der Waals surface area contributed by atoms with Gasteiger partial charge in [0.25, 0.3) is 0 Å². The Morgan fingerprint density at radius 3 is 2.18 bits per heavy atom. The molecular formula is C9H16O2. The van der Waals surface area contributed by atoms with Gasteiger partial charge in [0.2, 0.25) is 0 Å². The molecule has 0 amide bonds. The molecule has 1 fully saturated rings. The van der Waals surface area contributed by atoms with Crippen LogP contribution in [0.15, 0.2) is 12.2 Å². The summed E-state index contributed by atoms with van der Waals surface area (Å²) in [7, 11) is 0. The van der Waals surface area contributed by atoms with Crippen molar-refractivity contribution in [3.8, 4) is 0 Å². The minimum atomic E-state index is -0.216. The third-order valence-corrected chi connectivity index (χ3v) is 2.99. The maximum atomic E-state index is 9.03. The third kappa shape index (κ3) is 1.10. The van der Waals surface area contributed by atoms with Gasteiger partial charge in [-0.1, -0.05) is 19.1 Å². The first-order valence-corrected chi connectivity index (χ1v) is 4.07. The molecule has 2 unspecified atom stereocenters. The lowest BCUT2D eigenvalue weighted by molar-refractivity contribution is 0.118. The molecule has 0 aromatic rings. The van der Waals surface area contributed by atoms with Gasteiger partial charge < -0.3 is 10.2 Å². The van der Waals surface area contributed by atoms with E-state index in [4.69, 9.17) is 10.2 Å². The van der Waals surface area contributed by atoms with Crippen LogP contribution in [0.4, 0.5) is 0 Å². The fourth-order valence-electron chi connectivity index (χ4n) is 1.85. The first-order valence-electron chi connectivity index (χ1n) is 4.07. The molecule has 2 N–H and O–H groups in total. The van der Waals surface area contributed by atoms with Gasteiger partial charge >= 0.3 is 0 Å². The Hall–Kier alpha value is -0.340. The van der Waals surface area contributed by atoms with Crippen molar-refractivity contribution in [3.63, 3.8) is 0 Å². The van der Waals surface area contributed by atoms with Crippen molar-refractivity contribution in [1.29, 1.82) is 0 Å². The quantitative estimate of drug-likeness (QED) is 0.593. The Labute approximate surface area is 67.6 Å². The van der Waals surface area contributed by atoms with Gasteiger partial charge in [0.05, 0.1) is 13.2 Å². The van der Waals surface area contributed by atoms with Crippen LogP contribution in [-0.2, 0) is 0 Å². The number of rotatable bonds is 3. The summed E-state index contributed by atoms with van der Waals surface area (Å²) < 4.78 is 0. The Kier molecular flexibility index (Phi) is 2.35. The van der Waals surface area contributed by atoms with E-state index < -0.39 is 0 Å². The molecule has 0 saturated heterocycles. The molecule has 0 bridgehead atoms. The van der Waals surface area contributed by atoms with Crippen LogP contribution in [0.25, 0.3) is 0 Å². The van der Waals surface area contributed by atoms with Crippen molar-refractivity contribution in [3.05, 3.63) is 12.2 Å². The van der Waals surface area contributed by atoms with Crippen LogP contribution in [0.3, 0.4) is 0 Å². The molecule has 0 radical (unpaired) electrons. The molecule has 1 rings (SSSR count). The summed E-state index contributed by atoms with van der Waals surface area (Å²) in [4.78, 5) is 0. The highest BCUT2D eigenvalue weighted by Crippen LogP contribution is 2.58. The summed E-state index contributed by atoms with van der Waals surface area (Å²) in [5.41, 5.74) is -0.216. The Morgan fingerprint density at radius 1 is 1.36 bits per heavy atom. The van der Waals surface area contributed by atoms with Crippen molar-refractivity contribution in [2.45, 2.75) is 13.8 Å². The van der Waals surface area contributed by atoms with E-state index in [9.17, 15) is 0 Å². The van der Waals surface area contributed by atoms with Crippen LogP contribution in [0.2, 0.25) is 0 Å². The molecule has 2 atom stereocenters. The van der Waals surface area contributed by atoms with E-state index in [2.05, 4.69) is 13.0 Å². The largest absolute Gasteiger partial charge is 0.396 e. The molecule has 0 aromatic carbocycles. The zero-order chi connectivity index (χ0) is 8.48. The second kappa shape index (κ2) is 2.95. The van der Waals surface area contributed by atoms with Crippen molar-refractivity contribution in [2.24, 2.45) is 17.3 Å². The first-order chi connectivity index (χ1) is 5.22. The summed E-state index contributed by atoms with van der Waals surface area (Å²) in [6.45, 7) is 4.22. The van der Waals surface area contributed by atoms with E-state index >= 15 is 0 Å². The van der Waals surface area contributed by atoms with Crippen molar-refractivity contribution in [2.75, 3.05) is 13.2 Å². The number of aliphatic hydroxyl groups is 2. The van der Waals surface area contributed by atoms with Gasteiger partial charge in [-0.15, -0.1) is 0 Å². The van der Waals surface area contributed by atoms with Crippen LogP contribution in [0, 0.1) is 17.3 Å². The standard InChI is InChI=1S/C9H16O2/c1-3-4-8-7(2)9(8,5-10)6-11/h3-4,7-8,10-11H,5-6H2,1-2H3/b4-3+. The summed E-state index contributed by atoms with van der Waals surface area (Å²) >= 11 is 0. The van der Waals surface area contributed by atoms with Gasteiger partial charge in [-0.05, 0) is 18.8 Å². The van der Waals surface area contributed by atoms with Gasteiger partial charge in [0, 0.05) is 5.41 Å². The van der Waals surface area contributed by atoms with Crippen LogP contribution in [0.5, 0.6) is 0 Å². The van der Waals surface area contributed by atoms with E-state index in [0.29, 0.717) is 11.8 Å². The predicted octanol–water partition coefficient (Wildman–Crippen LogP) is 0.799. The molecule has 0 aromatic heterocycles. The van der Waals surface area contributed by atoms with Gasteiger partial charge in [0.15, 0.2) is 0 Å². The molecule has 11 heavy (non-hydrogen) atoms. The van der Waals surface area contributed by atoms with Crippen molar-refractivity contribution in [1.82, 2.24) is 0 Å². The van der Waals surface area contributed by atoms with Gasteiger partial charge in [0.1, 0.15) is 0 Å². The molecular weight excluding hydrogens is 140 g/mol. The molecule has 2 heteroatoms. The van der Waals surface area contributed by atoms with Crippen molar-refractivity contribution < 1.29 is 10.2 Å². The summed E-state index contributed by atoms with van der Waals surface area (Å²) in [5.74, 6) is 0.802. The molecule has 1 aliphatic rings. The number of allylic oxidation sites excluding steroid dienone is 2. The van der Waals surface area contributed by atoms with Gasteiger partial charge in [-0.25, -0.2) is 0 Å². The minimum absolute atomic E-state index is 0.0969. The second-order valence-electron chi connectivity index (χ2n) is 3.39. The van der Waals surface area contributed by atoms with Crippen LogP contribution in [0.1, 0.15) is 13.8 Å². The lowest BCUT2D eigenvalue weighted by atomic mass is 10.1. The van der Waals surface area contributed by atoms with Gasteiger partial charge in [-0.2, -0.15) is 0 Å². The van der Waals surface area contributed by atoms with Crippen LogP contribution < -0.4 is 0 Å². The monoisotopic (exact) mass is 156 g/mol. The highest BCUT2D eigenvalue weighted by Gasteiger charge is 2.59. The van der Waals surface area contributed by atoms with E-state index in [1.165, 1.54) is 0 Å². The van der Waals surface area contributed by atoms with E-state index in [1.807, 2.05) is 13.0 Å². The molecule has 1 saturated carbocycles. The Morgan fingerprint density at radius 2 is 1.91 bits per heavy atom. The molecule has 0 spiro atoms. The molecule has 1 aliphatic carbocycles. The predicted molar refractivity (Wildman–Crippen MR) is 44.1 cm³/mol. The first kappa shape index (κ1) is 8.75. The SMILES string of the molecule is C/C=C/C1C(C)C1(CO)CO. The number of hydrogen-bond acceptors (Lipinski definition) is 2. The molecule has 2 nitrogen and oxygen atoms in total. The minimum Gasteiger partial charge on any atom is -0.396 e. The normalized spacial score (nSPS) is 34.5. The Bertz CT molecular complexity index is 159. The van der Waals surface area contributed by atoms with Crippen LogP contribution >= 0.6 is 0 Å². The third-order valence-electron chi connectivity index (χ3n) is 2.99. The fourth-order valence-corrected chi connectivity index (χ4v) is 1.85. The molecule has 0 heterocycles. The number of hydrogen-bond donors (Lipinski definition) is 2. The Balaban J connectivity index is 2.62. The lowest BCUT2D eigenvalue weighted by Gasteiger charge is -2.08. The maximum Gasteiger partial charge on any atom is 0.0518 e.